The van der Waals surface area contributed by atoms with Gasteiger partial charge in [0.1, 0.15) is 11.5 Å². The van der Waals surface area contributed by atoms with E-state index in [9.17, 15) is 17.6 Å². The molecule has 1 aliphatic carbocycles. The molecule has 0 amide bonds. The topological polar surface area (TPSA) is 12.9 Å². The molecule has 0 spiro atoms. The van der Waals surface area contributed by atoms with Crippen molar-refractivity contribution in [1.29, 1.82) is 0 Å². The highest BCUT2D eigenvalue weighted by Crippen LogP contribution is 2.39. The van der Waals surface area contributed by atoms with Gasteiger partial charge >= 0.3 is 6.18 Å². The first-order valence-electron chi connectivity index (χ1n) is 11.2. The van der Waals surface area contributed by atoms with Gasteiger partial charge in [0.15, 0.2) is 0 Å². The average molecular weight is 422 g/mol. The largest absolute Gasteiger partial charge is 0.433 e. The molecule has 30 heavy (non-hydrogen) atoms. The van der Waals surface area contributed by atoms with Crippen molar-refractivity contribution in [2.45, 2.75) is 83.2 Å². The van der Waals surface area contributed by atoms with Crippen LogP contribution in [0.25, 0.3) is 11.1 Å². The lowest BCUT2D eigenvalue weighted by Gasteiger charge is -2.29. The lowest BCUT2D eigenvalue weighted by Crippen LogP contribution is -2.13. The van der Waals surface area contributed by atoms with E-state index in [0.29, 0.717) is 17.0 Å². The van der Waals surface area contributed by atoms with Crippen LogP contribution in [0.3, 0.4) is 0 Å². The van der Waals surface area contributed by atoms with E-state index in [-0.39, 0.29) is 0 Å². The van der Waals surface area contributed by atoms with Crippen LogP contribution in [0.5, 0.6) is 0 Å². The minimum absolute atomic E-state index is 0.292. The molecule has 0 bridgehead atoms. The minimum Gasteiger partial charge on any atom is -0.251 e. The molecule has 0 saturated heterocycles. The second kappa shape index (κ2) is 10.4. The van der Waals surface area contributed by atoms with Crippen LogP contribution in [0.1, 0.15) is 88.3 Å². The van der Waals surface area contributed by atoms with E-state index in [1.165, 1.54) is 57.4 Å². The smallest absolute Gasteiger partial charge is 0.251 e. The quantitative estimate of drug-likeness (QED) is 0.307. The fraction of sp³-hybridized carbons (Fsp3) is 0.560. The number of alkyl halides is 3. The van der Waals surface area contributed by atoms with Crippen molar-refractivity contribution in [2.75, 3.05) is 0 Å². The number of halogens is 4. The molecule has 1 heterocycles. The van der Waals surface area contributed by atoms with Gasteiger partial charge in [-0.25, -0.2) is 4.39 Å². The zero-order valence-corrected chi connectivity index (χ0v) is 17.6. The summed E-state index contributed by atoms with van der Waals surface area (Å²) in [5.74, 6) is 0.771. The van der Waals surface area contributed by atoms with E-state index >= 15 is 0 Å². The first kappa shape index (κ1) is 22.8. The Morgan fingerprint density at radius 2 is 1.67 bits per heavy atom. The summed E-state index contributed by atoms with van der Waals surface area (Å²) in [6, 6.07) is 7.33. The van der Waals surface area contributed by atoms with Gasteiger partial charge in [-0.05, 0) is 55.2 Å². The predicted molar refractivity (Wildman–Crippen MR) is 113 cm³/mol. The van der Waals surface area contributed by atoms with Crippen LogP contribution >= 0.6 is 0 Å². The second-order valence-electron chi connectivity index (χ2n) is 8.59. The van der Waals surface area contributed by atoms with Gasteiger partial charge < -0.3 is 0 Å². The van der Waals surface area contributed by atoms with Crippen LogP contribution in [0.4, 0.5) is 17.6 Å². The third kappa shape index (κ3) is 6.05. The van der Waals surface area contributed by atoms with Gasteiger partial charge in [-0.1, -0.05) is 63.6 Å². The number of pyridine rings is 1. The Balaban J connectivity index is 1.56. The van der Waals surface area contributed by atoms with E-state index in [0.717, 1.165) is 36.6 Å². The van der Waals surface area contributed by atoms with Gasteiger partial charge in [-0.15, -0.1) is 0 Å². The Kier molecular flexibility index (Phi) is 7.90. The molecular formula is C25H31F4N. The molecule has 1 fully saturated rings. The second-order valence-corrected chi connectivity index (χ2v) is 8.59. The van der Waals surface area contributed by atoms with Crippen molar-refractivity contribution in [2.24, 2.45) is 5.92 Å². The first-order chi connectivity index (χ1) is 14.4. The Morgan fingerprint density at radius 1 is 0.933 bits per heavy atom. The molecule has 0 N–H and O–H groups in total. The molecule has 1 aromatic heterocycles. The summed E-state index contributed by atoms with van der Waals surface area (Å²) in [5, 5.41) is 0. The SMILES string of the molecule is CCCCCCCC1CCC(c2ccc(-c3ccc(C(F)(F)F)nc3)c(F)c2)CC1. The van der Waals surface area contributed by atoms with Crippen LogP contribution in [0.15, 0.2) is 36.5 Å². The van der Waals surface area contributed by atoms with Gasteiger partial charge in [0.2, 0.25) is 0 Å². The van der Waals surface area contributed by atoms with E-state index < -0.39 is 17.7 Å². The van der Waals surface area contributed by atoms with Crippen molar-refractivity contribution < 1.29 is 17.6 Å². The monoisotopic (exact) mass is 421 g/mol. The fourth-order valence-electron chi connectivity index (χ4n) is 4.56. The lowest BCUT2D eigenvalue weighted by molar-refractivity contribution is -0.141. The molecule has 0 unspecified atom stereocenters. The molecule has 0 radical (unpaired) electrons. The summed E-state index contributed by atoms with van der Waals surface area (Å²) in [4.78, 5) is 3.44. The van der Waals surface area contributed by atoms with E-state index in [4.69, 9.17) is 0 Å². The molecule has 164 valence electrons. The molecule has 0 aliphatic heterocycles. The Labute approximate surface area is 176 Å². The van der Waals surface area contributed by atoms with E-state index in [1.807, 2.05) is 6.07 Å². The van der Waals surface area contributed by atoms with E-state index in [2.05, 4.69) is 11.9 Å². The number of benzene rings is 1. The minimum atomic E-state index is -4.49. The number of nitrogens with zero attached hydrogens (tertiary/aromatic N) is 1. The average Bonchev–Trinajstić information content (AvgIpc) is 2.73. The Hall–Kier alpha value is -1.91. The molecular weight excluding hydrogens is 390 g/mol. The summed E-state index contributed by atoms with van der Waals surface area (Å²) in [7, 11) is 0. The maximum atomic E-state index is 14.7. The highest BCUT2D eigenvalue weighted by molar-refractivity contribution is 5.63. The maximum absolute atomic E-state index is 14.7. The zero-order chi connectivity index (χ0) is 21.6. The Morgan fingerprint density at radius 3 is 2.27 bits per heavy atom. The third-order valence-corrected chi connectivity index (χ3v) is 6.39. The highest BCUT2D eigenvalue weighted by atomic mass is 19.4. The number of hydrogen-bond acceptors (Lipinski definition) is 1. The number of unbranched alkanes of at least 4 members (excludes halogenated alkanes) is 4. The molecule has 2 aromatic rings. The van der Waals surface area contributed by atoms with Crippen molar-refractivity contribution >= 4 is 0 Å². The van der Waals surface area contributed by atoms with Crippen LogP contribution in [0.2, 0.25) is 0 Å². The highest BCUT2D eigenvalue weighted by Gasteiger charge is 2.32. The molecule has 5 heteroatoms. The summed E-state index contributed by atoms with van der Waals surface area (Å²) < 4.78 is 52.7. The fourth-order valence-corrected chi connectivity index (χ4v) is 4.56. The zero-order valence-electron chi connectivity index (χ0n) is 17.6. The van der Waals surface area contributed by atoms with Crippen LogP contribution in [-0.4, -0.2) is 4.98 Å². The summed E-state index contributed by atoms with van der Waals surface area (Å²) in [6.45, 7) is 2.23. The molecule has 3 rings (SSSR count). The number of aromatic nitrogens is 1. The molecule has 1 aromatic carbocycles. The molecule has 1 aliphatic rings. The van der Waals surface area contributed by atoms with Gasteiger partial charge in [0, 0.05) is 17.3 Å². The predicted octanol–water partition coefficient (Wildman–Crippen LogP) is 8.54. The summed E-state index contributed by atoms with van der Waals surface area (Å²) >= 11 is 0. The van der Waals surface area contributed by atoms with Gasteiger partial charge in [0.05, 0.1) is 0 Å². The number of hydrogen-bond donors (Lipinski definition) is 0. The normalized spacial score (nSPS) is 19.8. The molecule has 0 atom stereocenters. The summed E-state index contributed by atoms with van der Waals surface area (Å²) in [6.07, 6.45) is 9.07. The van der Waals surface area contributed by atoms with Crippen LogP contribution in [0, 0.1) is 11.7 Å². The molecule has 1 saturated carbocycles. The van der Waals surface area contributed by atoms with E-state index in [1.54, 1.807) is 12.1 Å². The van der Waals surface area contributed by atoms with Gasteiger partial charge in [-0.2, -0.15) is 13.2 Å². The maximum Gasteiger partial charge on any atom is 0.433 e. The van der Waals surface area contributed by atoms with Crippen molar-refractivity contribution in [1.82, 2.24) is 4.98 Å². The molecule has 1 nitrogen and oxygen atoms in total. The summed E-state index contributed by atoms with van der Waals surface area (Å²) in [5.41, 5.74) is 0.683. The first-order valence-corrected chi connectivity index (χ1v) is 11.2. The number of rotatable bonds is 8. The van der Waals surface area contributed by atoms with Gasteiger partial charge in [-0.3, -0.25) is 4.98 Å². The lowest BCUT2D eigenvalue weighted by atomic mass is 9.77. The van der Waals surface area contributed by atoms with Gasteiger partial charge in [0.25, 0.3) is 0 Å². The van der Waals surface area contributed by atoms with Crippen molar-refractivity contribution in [3.63, 3.8) is 0 Å². The van der Waals surface area contributed by atoms with Crippen LogP contribution in [-0.2, 0) is 6.18 Å². The third-order valence-electron chi connectivity index (χ3n) is 6.39. The van der Waals surface area contributed by atoms with Crippen LogP contribution < -0.4 is 0 Å². The van der Waals surface area contributed by atoms with Crippen molar-refractivity contribution in [3.05, 3.63) is 53.6 Å². The Bertz CT molecular complexity index is 790. The standard InChI is InChI=1S/C25H31F4N/c1-2-3-4-5-6-7-18-8-10-19(11-9-18)20-12-14-22(23(26)16-20)21-13-15-24(30-17-21)25(27,28)29/h12-19H,2-11H2,1H3. The van der Waals surface area contributed by atoms with Crippen molar-refractivity contribution in [3.8, 4) is 11.1 Å².